The molecule has 5 heteroatoms. The zero-order chi connectivity index (χ0) is 15.4. The molecule has 1 atom stereocenters. The monoisotopic (exact) mass is 357 g/mol. The predicted molar refractivity (Wildman–Crippen MR) is 89.5 cm³/mol. The highest BCUT2D eigenvalue weighted by atomic mass is 79.9. The molecule has 0 spiro atoms. The van der Waals surface area contributed by atoms with E-state index in [1.54, 1.807) is 0 Å². The van der Waals surface area contributed by atoms with Gasteiger partial charge in [0.25, 0.3) is 0 Å². The fraction of sp³-hybridized carbons (Fsp3) is 0.812. The van der Waals surface area contributed by atoms with Crippen molar-refractivity contribution in [3.63, 3.8) is 0 Å². The highest BCUT2D eigenvalue weighted by Gasteiger charge is 2.33. The minimum absolute atomic E-state index is 0.363. The predicted octanol–water partition coefficient (Wildman–Crippen LogP) is 4.08. The fourth-order valence-electron chi connectivity index (χ4n) is 3.20. The first kappa shape index (κ1) is 17.0. The molecule has 1 fully saturated rings. The number of nitrogens with one attached hydrogen (secondary N) is 1. The molecule has 1 aliphatic carbocycles. The topological polar surface area (TPSA) is 39.1 Å². The van der Waals surface area contributed by atoms with Crippen molar-refractivity contribution in [2.45, 2.75) is 65.1 Å². The lowest BCUT2D eigenvalue weighted by Crippen LogP contribution is -2.35. The molecule has 1 aromatic rings. The lowest BCUT2D eigenvalue weighted by molar-refractivity contribution is -0.0293. The van der Waals surface area contributed by atoms with Crippen molar-refractivity contribution in [1.29, 1.82) is 0 Å². The number of ether oxygens (including phenoxy) is 1. The van der Waals surface area contributed by atoms with Crippen molar-refractivity contribution in [3.8, 4) is 0 Å². The fourth-order valence-corrected chi connectivity index (χ4v) is 3.75. The number of hydrogen-bond donors (Lipinski definition) is 1. The summed E-state index contributed by atoms with van der Waals surface area (Å²) in [4.78, 5) is 0. The third-order valence-corrected chi connectivity index (χ3v) is 4.83. The van der Waals surface area contributed by atoms with Gasteiger partial charge in [0.1, 0.15) is 0 Å². The zero-order valence-corrected chi connectivity index (χ0v) is 15.2. The Labute approximate surface area is 136 Å². The minimum Gasteiger partial charge on any atom is -0.378 e. The average Bonchev–Trinajstić information content (AvgIpc) is 2.77. The van der Waals surface area contributed by atoms with Gasteiger partial charge in [-0.2, -0.15) is 5.10 Å². The molecular weight excluding hydrogens is 330 g/mol. The van der Waals surface area contributed by atoms with Gasteiger partial charge >= 0.3 is 0 Å². The molecule has 0 aromatic carbocycles. The largest absolute Gasteiger partial charge is 0.378 e. The number of halogens is 1. The maximum Gasteiger partial charge on any atom is 0.0698 e. The second kappa shape index (κ2) is 7.75. The molecule has 21 heavy (non-hydrogen) atoms. The summed E-state index contributed by atoms with van der Waals surface area (Å²) in [6.45, 7) is 10.4. The maximum atomic E-state index is 5.68. The Balaban J connectivity index is 2.04. The first-order valence-corrected chi connectivity index (χ1v) is 8.93. The normalized spacial score (nSPS) is 23.3. The highest BCUT2D eigenvalue weighted by Crippen LogP contribution is 2.38. The van der Waals surface area contributed by atoms with Crippen LogP contribution in [0.5, 0.6) is 0 Å². The Morgan fingerprint density at radius 1 is 1.43 bits per heavy atom. The van der Waals surface area contributed by atoms with Crippen molar-refractivity contribution in [1.82, 2.24) is 15.1 Å². The van der Waals surface area contributed by atoms with Crippen LogP contribution in [0.1, 0.15) is 64.7 Å². The summed E-state index contributed by atoms with van der Waals surface area (Å²) >= 11 is 3.67. The van der Waals surface area contributed by atoms with E-state index in [4.69, 9.17) is 4.74 Å². The van der Waals surface area contributed by atoms with Crippen LogP contribution in [0.2, 0.25) is 0 Å². The van der Waals surface area contributed by atoms with E-state index in [1.807, 2.05) is 6.20 Å². The van der Waals surface area contributed by atoms with E-state index in [0.717, 1.165) is 30.0 Å². The Hall–Kier alpha value is -0.390. The molecule has 0 bridgehead atoms. The van der Waals surface area contributed by atoms with E-state index in [-0.39, 0.29) is 0 Å². The van der Waals surface area contributed by atoms with Crippen LogP contribution >= 0.6 is 15.9 Å². The van der Waals surface area contributed by atoms with Crippen LogP contribution in [-0.2, 0) is 4.74 Å². The first-order valence-electron chi connectivity index (χ1n) is 8.14. The van der Waals surface area contributed by atoms with E-state index < -0.39 is 0 Å². The molecule has 1 aliphatic rings. The van der Waals surface area contributed by atoms with Gasteiger partial charge in [-0.3, -0.25) is 4.68 Å². The molecule has 4 nitrogen and oxygen atoms in total. The summed E-state index contributed by atoms with van der Waals surface area (Å²) in [6, 6.07) is 0.742. The second-order valence-electron chi connectivity index (χ2n) is 6.18. The summed E-state index contributed by atoms with van der Waals surface area (Å²) in [7, 11) is 0. The van der Waals surface area contributed by atoms with Gasteiger partial charge in [0.05, 0.1) is 28.5 Å². The van der Waals surface area contributed by atoms with Crippen LogP contribution < -0.4 is 5.32 Å². The summed E-state index contributed by atoms with van der Waals surface area (Å²) < 4.78 is 8.93. The summed E-state index contributed by atoms with van der Waals surface area (Å²) in [6.07, 6.45) is 5.96. The third-order valence-electron chi connectivity index (χ3n) is 4.22. The van der Waals surface area contributed by atoms with Crippen LogP contribution in [0.3, 0.4) is 0 Å². The molecule has 1 N–H and O–H groups in total. The van der Waals surface area contributed by atoms with E-state index in [9.17, 15) is 0 Å². The molecule has 120 valence electrons. The molecule has 0 aliphatic heterocycles. The first-order chi connectivity index (χ1) is 10.1. The van der Waals surface area contributed by atoms with Gasteiger partial charge in [0.15, 0.2) is 0 Å². The highest BCUT2D eigenvalue weighted by molar-refractivity contribution is 9.10. The SMILES string of the molecule is CCNC(CC1CC(OCC)C1)c1c(Br)cnn1C(C)C. The minimum atomic E-state index is 0.363. The molecule has 0 saturated heterocycles. The van der Waals surface area contributed by atoms with Gasteiger partial charge in [0, 0.05) is 12.6 Å². The quantitative estimate of drug-likeness (QED) is 0.761. The number of hydrogen-bond acceptors (Lipinski definition) is 3. The third kappa shape index (κ3) is 4.08. The lowest BCUT2D eigenvalue weighted by Gasteiger charge is -2.37. The van der Waals surface area contributed by atoms with Gasteiger partial charge in [-0.05, 0) is 68.4 Å². The standard InChI is InChI=1S/C16H28BrN3O/c1-5-18-15(9-12-7-13(8-12)21-6-2)16-14(17)10-19-20(16)11(3)4/h10-13,15,18H,5-9H2,1-4H3. The lowest BCUT2D eigenvalue weighted by atomic mass is 9.77. The summed E-state index contributed by atoms with van der Waals surface area (Å²) in [5.41, 5.74) is 1.28. The maximum absolute atomic E-state index is 5.68. The molecule has 1 aromatic heterocycles. The molecule has 1 unspecified atom stereocenters. The second-order valence-corrected chi connectivity index (χ2v) is 7.03. The molecule has 1 saturated carbocycles. The van der Waals surface area contributed by atoms with Crippen molar-refractivity contribution in [3.05, 3.63) is 16.4 Å². The Morgan fingerprint density at radius 3 is 2.71 bits per heavy atom. The van der Waals surface area contributed by atoms with Crippen LogP contribution in [0.25, 0.3) is 0 Å². The van der Waals surface area contributed by atoms with Gasteiger partial charge in [0.2, 0.25) is 0 Å². The van der Waals surface area contributed by atoms with Gasteiger partial charge in [-0.25, -0.2) is 0 Å². The van der Waals surface area contributed by atoms with E-state index in [2.05, 4.69) is 58.7 Å². The number of aromatic nitrogens is 2. The average molecular weight is 358 g/mol. The van der Waals surface area contributed by atoms with Crippen LogP contribution in [-0.4, -0.2) is 29.0 Å². The van der Waals surface area contributed by atoms with Crippen LogP contribution in [0.4, 0.5) is 0 Å². The van der Waals surface area contributed by atoms with Crippen LogP contribution in [0.15, 0.2) is 10.7 Å². The smallest absolute Gasteiger partial charge is 0.0698 e. The van der Waals surface area contributed by atoms with E-state index in [1.165, 1.54) is 18.5 Å². The molecule has 1 heterocycles. The van der Waals surface area contributed by atoms with Crippen molar-refractivity contribution < 1.29 is 4.74 Å². The summed E-state index contributed by atoms with van der Waals surface area (Å²) in [5, 5.41) is 8.15. The molecule has 0 amide bonds. The van der Waals surface area contributed by atoms with Crippen molar-refractivity contribution in [2.24, 2.45) is 5.92 Å². The van der Waals surface area contributed by atoms with Crippen LogP contribution in [0, 0.1) is 5.92 Å². The van der Waals surface area contributed by atoms with Gasteiger partial charge < -0.3 is 10.1 Å². The van der Waals surface area contributed by atoms with Crippen molar-refractivity contribution >= 4 is 15.9 Å². The van der Waals surface area contributed by atoms with Gasteiger partial charge in [-0.15, -0.1) is 0 Å². The molecular formula is C16H28BrN3O. The Bertz CT molecular complexity index is 441. The number of nitrogens with zero attached hydrogens (tertiary/aromatic N) is 2. The Kier molecular flexibility index (Phi) is 6.26. The number of rotatable bonds is 8. The van der Waals surface area contributed by atoms with Crippen molar-refractivity contribution in [2.75, 3.05) is 13.2 Å². The molecule has 0 radical (unpaired) electrons. The van der Waals surface area contributed by atoms with Gasteiger partial charge in [-0.1, -0.05) is 6.92 Å². The zero-order valence-electron chi connectivity index (χ0n) is 13.6. The molecule has 2 rings (SSSR count). The summed E-state index contributed by atoms with van der Waals surface area (Å²) in [5.74, 6) is 0.757. The van der Waals surface area contributed by atoms with E-state index in [0.29, 0.717) is 18.2 Å². The van der Waals surface area contributed by atoms with E-state index >= 15 is 0 Å². The Morgan fingerprint density at radius 2 is 2.14 bits per heavy atom.